The fourth-order valence-electron chi connectivity index (χ4n) is 1.83. The Morgan fingerprint density at radius 2 is 2.07 bits per heavy atom. The van der Waals surface area contributed by atoms with E-state index in [1.165, 1.54) is 36.0 Å². The lowest BCUT2D eigenvalue weighted by Gasteiger charge is -2.07. The first-order valence-corrected chi connectivity index (χ1v) is 5.97. The van der Waals surface area contributed by atoms with E-state index in [9.17, 15) is 0 Å². The monoisotopic (exact) mass is 202 g/mol. The number of hydrogen-bond acceptors (Lipinski definition) is 0. The van der Waals surface area contributed by atoms with E-state index in [4.69, 9.17) is 0 Å². The van der Waals surface area contributed by atoms with Crippen LogP contribution in [-0.4, -0.2) is 0 Å². The van der Waals surface area contributed by atoms with Crippen LogP contribution in [-0.2, 0) is 12.8 Å². The molecule has 0 heteroatoms. The van der Waals surface area contributed by atoms with Gasteiger partial charge in [0.1, 0.15) is 0 Å². The Hall–Kier alpha value is -1.04. The molecule has 0 atom stereocenters. The summed E-state index contributed by atoms with van der Waals surface area (Å²) < 4.78 is 0. The Kier molecular flexibility index (Phi) is 5.17. The van der Waals surface area contributed by atoms with Crippen molar-refractivity contribution in [1.29, 1.82) is 0 Å². The van der Waals surface area contributed by atoms with Gasteiger partial charge in [0.15, 0.2) is 0 Å². The molecule has 1 aromatic rings. The molecule has 0 N–H and O–H groups in total. The second kappa shape index (κ2) is 6.44. The molecule has 0 aliphatic carbocycles. The molecule has 0 bridgehead atoms. The van der Waals surface area contributed by atoms with Gasteiger partial charge in [0.2, 0.25) is 0 Å². The third-order valence-corrected chi connectivity index (χ3v) is 2.84. The number of aryl methyl sites for hydroxylation is 3. The number of allylic oxidation sites excluding steroid dienone is 1. The van der Waals surface area contributed by atoms with Crippen molar-refractivity contribution in [3.63, 3.8) is 0 Å². The molecule has 15 heavy (non-hydrogen) atoms. The molecule has 0 fully saturated rings. The fourth-order valence-corrected chi connectivity index (χ4v) is 1.83. The lowest BCUT2D eigenvalue weighted by molar-refractivity contribution is 0.790. The lowest BCUT2D eigenvalue weighted by Crippen LogP contribution is -1.92. The van der Waals surface area contributed by atoms with Crippen LogP contribution in [0.15, 0.2) is 30.9 Å². The molecule has 0 amide bonds. The van der Waals surface area contributed by atoms with E-state index < -0.39 is 0 Å². The minimum absolute atomic E-state index is 1.08. The predicted octanol–water partition coefficient (Wildman–Crippen LogP) is 4.46. The highest BCUT2D eigenvalue weighted by atomic mass is 14.0. The third-order valence-electron chi connectivity index (χ3n) is 2.84. The quantitative estimate of drug-likeness (QED) is 0.598. The van der Waals surface area contributed by atoms with Crippen molar-refractivity contribution in [3.05, 3.63) is 47.5 Å². The van der Waals surface area contributed by atoms with Gasteiger partial charge in [-0.25, -0.2) is 0 Å². The Bertz CT molecular complexity index is 310. The van der Waals surface area contributed by atoms with E-state index in [0.29, 0.717) is 0 Å². The molecular weight excluding hydrogens is 180 g/mol. The summed E-state index contributed by atoms with van der Waals surface area (Å²) in [5.74, 6) is 0. The molecule has 0 nitrogen and oxygen atoms in total. The molecule has 0 aliphatic heterocycles. The van der Waals surface area contributed by atoms with Crippen LogP contribution >= 0.6 is 0 Å². The van der Waals surface area contributed by atoms with Gasteiger partial charge in [-0.1, -0.05) is 37.6 Å². The Labute approximate surface area is 94.0 Å². The largest absolute Gasteiger partial charge is 0.103 e. The first kappa shape index (κ1) is 12.0. The van der Waals surface area contributed by atoms with Crippen molar-refractivity contribution in [2.75, 3.05) is 0 Å². The zero-order valence-electron chi connectivity index (χ0n) is 10.1. The topological polar surface area (TPSA) is 0 Å². The highest BCUT2D eigenvalue weighted by Crippen LogP contribution is 2.15. The Morgan fingerprint density at radius 1 is 1.27 bits per heavy atom. The highest BCUT2D eigenvalue weighted by molar-refractivity contribution is 5.31. The van der Waals surface area contributed by atoms with Crippen LogP contribution in [0, 0.1) is 6.92 Å². The molecule has 0 radical (unpaired) electrons. The summed E-state index contributed by atoms with van der Waals surface area (Å²) in [6.45, 7) is 8.22. The van der Waals surface area contributed by atoms with Crippen molar-refractivity contribution in [2.45, 2.75) is 46.0 Å². The molecule has 0 unspecified atom stereocenters. The molecule has 0 heterocycles. The molecule has 0 aromatic heterocycles. The highest BCUT2D eigenvalue weighted by Gasteiger charge is 1.99. The van der Waals surface area contributed by atoms with Crippen LogP contribution in [0.25, 0.3) is 0 Å². The summed E-state index contributed by atoms with van der Waals surface area (Å²) in [6, 6.07) is 6.89. The van der Waals surface area contributed by atoms with Crippen LogP contribution < -0.4 is 0 Å². The van der Waals surface area contributed by atoms with Crippen molar-refractivity contribution >= 4 is 0 Å². The van der Waals surface area contributed by atoms with Gasteiger partial charge in [0.05, 0.1) is 0 Å². The zero-order chi connectivity index (χ0) is 11.1. The maximum atomic E-state index is 3.76. The normalized spacial score (nSPS) is 10.3. The summed E-state index contributed by atoms with van der Waals surface area (Å²) in [7, 11) is 0. The Morgan fingerprint density at radius 3 is 2.67 bits per heavy atom. The second-order valence-electron chi connectivity index (χ2n) is 4.19. The van der Waals surface area contributed by atoms with E-state index in [-0.39, 0.29) is 0 Å². The summed E-state index contributed by atoms with van der Waals surface area (Å²) >= 11 is 0. The molecule has 0 saturated carbocycles. The molecule has 0 saturated heterocycles. The molecule has 0 spiro atoms. The smallest absolute Gasteiger partial charge is 0.0244 e. The van der Waals surface area contributed by atoms with Crippen LogP contribution in [0.4, 0.5) is 0 Å². The standard InChI is InChI=1S/C15H22/c1-4-6-8-14-10-11-15(9-7-5-2)13(3)12-14/h4,10-12H,1,5-9H2,2-3H3. The fraction of sp³-hybridized carbons (Fsp3) is 0.467. The Balaban J connectivity index is 2.65. The van der Waals surface area contributed by atoms with Crippen LogP contribution in [0.1, 0.15) is 42.9 Å². The summed E-state index contributed by atoms with van der Waals surface area (Å²) in [6.07, 6.45) is 7.99. The van der Waals surface area contributed by atoms with Crippen LogP contribution in [0.3, 0.4) is 0 Å². The van der Waals surface area contributed by atoms with E-state index >= 15 is 0 Å². The number of unbranched alkanes of at least 4 members (excludes halogenated alkanes) is 1. The molecule has 0 aliphatic rings. The maximum absolute atomic E-state index is 3.76. The van der Waals surface area contributed by atoms with Gasteiger partial charge in [-0.15, -0.1) is 6.58 Å². The molecule has 1 aromatic carbocycles. The summed E-state index contributed by atoms with van der Waals surface area (Å²) in [5, 5.41) is 0. The lowest BCUT2D eigenvalue weighted by atomic mass is 9.99. The molecule has 1 rings (SSSR count). The summed E-state index contributed by atoms with van der Waals surface area (Å²) in [5.41, 5.74) is 4.40. The van der Waals surface area contributed by atoms with Gasteiger partial charge in [0, 0.05) is 0 Å². The van der Waals surface area contributed by atoms with Crippen molar-refractivity contribution in [3.8, 4) is 0 Å². The van der Waals surface area contributed by atoms with Gasteiger partial charge < -0.3 is 0 Å². The first-order chi connectivity index (χ1) is 7.27. The number of rotatable bonds is 6. The second-order valence-corrected chi connectivity index (χ2v) is 4.19. The van der Waals surface area contributed by atoms with Gasteiger partial charge >= 0.3 is 0 Å². The number of hydrogen-bond donors (Lipinski definition) is 0. The van der Waals surface area contributed by atoms with E-state index in [2.05, 4.69) is 38.6 Å². The minimum atomic E-state index is 1.08. The van der Waals surface area contributed by atoms with Crippen LogP contribution in [0.5, 0.6) is 0 Å². The van der Waals surface area contributed by atoms with E-state index in [0.717, 1.165) is 12.8 Å². The SMILES string of the molecule is C=CCCc1ccc(CCCC)c(C)c1. The van der Waals surface area contributed by atoms with Crippen molar-refractivity contribution in [2.24, 2.45) is 0 Å². The third kappa shape index (κ3) is 3.91. The molecular formula is C15H22. The number of benzene rings is 1. The van der Waals surface area contributed by atoms with Gasteiger partial charge in [0.25, 0.3) is 0 Å². The average Bonchev–Trinajstić information content (AvgIpc) is 2.25. The molecule has 82 valence electrons. The predicted molar refractivity (Wildman–Crippen MR) is 68.3 cm³/mol. The van der Waals surface area contributed by atoms with Gasteiger partial charge in [-0.2, -0.15) is 0 Å². The minimum Gasteiger partial charge on any atom is -0.103 e. The zero-order valence-corrected chi connectivity index (χ0v) is 10.1. The van der Waals surface area contributed by atoms with E-state index in [1.807, 2.05) is 6.08 Å². The van der Waals surface area contributed by atoms with Crippen LogP contribution in [0.2, 0.25) is 0 Å². The van der Waals surface area contributed by atoms with E-state index in [1.54, 1.807) is 0 Å². The average molecular weight is 202 g/mol. The summed E-state index contributed by atoms with van der Waals surface area (Å²) in [4.78, 5) is 0. The van der Waals surface area contributed by atoms with Crippen molar-refractivity contribution in [1.82, 2.24) is 0 Å². The van der Waals surface area contributed by atoms with Gasteiger partial charge in [-0.3, -0.25) is 0 Å². The maximum Gasteiger partial charge on any atom is -0.0244 e. The van der Waals surface area contributed by atoms with Crippen molar-refractivity contribution < 1.29 is 0 Å². The van der Waals surface area contributed by atoms with Gasteiger partial charge in [-0.05, 0) is 49.3 Å². The first-order valence-electron chi connectivity index (χ1n) is 5.97.